The summed E-state index contributed by atoms with van der Waals surface area (Å²) in [4.78, 5) is 11.3. The minimum Gasteiger partial charge on any atom is -0.385 e. The predicted octanol–water partition coefficient (Wildman–Crippen LogP) is 2.15. The topological polar surface area (TPSA) is 41.1 Å². The molecule has 0 saturated heterocycles. The lowest BCUT2D eigenvalue weighted by atomic mass is 9.99. The molecule has 3 rings (SSSR count). The molecule has 0 saturated carbocycles. The Morgan fingerprint density at radius 3 is 3.00 bits per heavy atom. The number of rotatable bonds is 1. The van der Waals surface area contributed by atoms with Gasteiger partial charge in [-0.25, -0.2) is 0 Å². The highest BCUT2D eigenvalue weighted by Gasteiger charge is 2.19. The fourth-order valence-electron chi connectivity index (χ4n) is 2.38. The van der Waals surface area contributed by atoms with Crippen LogP contribution in [0.4, 0.5) is 5.69 Å². The van der Waals surface area contributed by atoms with Crippen molar-refractivity contribution in [2.24, 2.45) is 5.92 Å². The quantitative estimate of drug-likeness (QED) is 0.773. The number of fused-ring (bicyclic) bond motifs is 1. The molecule has 2 heterocycles. The third kappa shape index (κ3) is 1.93. The van der Waals surface area contributed by atoms with Crippen molar-refractivity contribution in [2.45, 2.75) is 19.8 Å². The van der Waals surface area contributed by atoms with Gasteiger partial charge < -0.3 is 10.6 Å². The second-order valence-electron chi connectivity index (χ2n) is 4.94. The maximum atomic E-state index is 11.3. The summed E-state index contributed by atoms with van der Waals surface area (Å²) in [5, 5.41) is 6.30. The van der Waals surface area contributed by atoms with E-state index >= 15 is 0 Å². The number of hydrogen-bond donors (Lipinski definition) is 2. The van der Waals surface area contributed by atoms with E-state index in [1.807, 2.05) is 6.07 Å². The first kappa shape index (κ1) is 10.4. The lowest BCUT2D eigenvalue weighted by Crippen LogP contribution is -2.23. The highest BCUT2D eigenvalue weighted by atomic mass is 16.1. The standard InChI is InChI=1S/C14H16N2O/c1-9-2-4-12(15-8-9)10-3-5-13-11(6-10)7-14(17)16-13/h3-6,9,15H,2,7-8H2,1H3,(H,16,17). The zero-order chi connectivity index (χ0) is 11.8. The van der Waals surface area contributed by atoms with E-state index in [0.717, 1.165) is 24.2 Å². The fraction of sp³-hybridized carbons (Fsp3) is 0.357. The molecule has 1 unspecified atom stereocenters. The molecule has 0 aliphatic carbocycles. The molecule has 1 atom stereocenters. The zero-order valence-corrected chi connectivity index (χ0v) is 9.92. The van der Waals surface area contributed by atoms with Crippen LogP contribution >= 0.6 is 0 Å². The van der Waals surface area contributed by atoms with Crippen molar-refractivity contribution in [3.8, 4) is 0 Å². The van der Waals surface area contributed by atoms with E-state index in [4.69, 9.17) is 0 Å². The molecule has 2 aliphatic heterocycles. The van der Waals surface area contributed by atoms with E-state index in [0.29, 0.717) is 12.3 Å². The Bertz CT molecular complexity index is 505. The van der Waals surface area contributed by atoms with Crippen LogP contribution in [0.15, 0.2) is 24.3 Å². The number of amides is 1. The third-order valence-electron chi connectivity index (χ3n) is 3.41. The SMILES string of the molecule is CC1CC=C(c2ccc3c(c2)CC(=O)N3)NC1. The predicted molar refractivity (Wildman–Crippen MR) is 68.5 cm³/mol. The normalized spacial score (nSPS) is 22.5. The zero-order valence-electron chi connectivity index (χ0n) is 9.92. The Morgan fingerprint density at radius 1 is 1.35 bits per heavy atom. The van der Waals surface area contributed by atoms with Crippen molar-refractivity contribution in [3.05, 3.63) is 35.4 Å². The summed E-state index contributed by atoms with van der Waals surface area (Å²) in [5.41, 5.74) is 4.45. The smallest absolute Gasteiger partial charge is 0.228 e. The number of benzene rings is 1. The van der Waals surface area contributed by atoms with Gasteiger partial charge in [-0.2, -0.15) is 0 Å². The third-order valence-corrected chi connectivity index (χ3v) is 3.41. The molecule has 0 aromatic heterocycles. The molecule has 1 aromatic rings. The molecular weight excluding hydrogens is 212 g/mol. The van der Waals surface area contributed by atoms with E-state index in [-0.39, 0.29) is 5.91 Å². The second kappa shape index (κ2) is 3.91. The Morgan fingerprint density at radius 2 is 2.24 bits per heavy atom. The summed E-state index contributed by atoms with van der Waals surface area (Å²) in [5.74, 6) is 0.799. The van der Waals surface area contributed by atoms with Crippen LogP contribution in [0.2, 0.25) is 0 Å². The van der Waals surface area contributed by atoms with Crippen LogP contribution in [-0.4, -0.2) is 12.5 Å². The van der Waals surface area contributed by atoms with Crippen LogP contribution in [0.3, 0.4) is 0 Å². The summed E-state index contributed by atoms with van der Waals surface area (Å²) in [6, 6.07) is 6.18. The van der Waals surface area contributed by atoms with Gasteiger partial charge in [0, 0.05) is 17.9 Å². The van der Waals surface area contributed by atoms with E-state index in [1.165, 1.54) is 11.3 Å². The van der Waals surface area contributed by atoms with Crippen molar-refractivity contribution in [2.75, 3.05) is 11.9 Å². The molecule has 1 aromatic carbocycles. The number of carbonyl (C=O) groups is 1. The summed E-state index contributed by atoms with van der Waals surface area (Å²) in [7, 11) is 0. The van der Waals surface area contributed by atoms with Gasteiger partial charge in [0.15, 0.2) is 0 Å². The van der Waals surface area contributed by atoms with Gasteiger partial charge in [-0.1, -0.05) is 19.1 Å². The van der Waals surface area contributed by atoms with Crippen molar-refractivity contribution in [1.82, 2.24) is 5.32 Å². The number of allylic oxidation sites excluding steroid dienone is 1. The van der Waals surface area contributed by atoms with Gasteiger partial charge in [-0.3, -0.25) is 4.79 Å². The molecular formula is C14H16N2O. The Labute approximate surface area is 101 Å². The Kier molecular flexibility index (Phi) is 2.39. The number of anilines is 1. The first-order valence-electron chi connectivity index (χ1n) is 6.09. The molecule has 2 N–H and O–H groups in total. The minimum absolute atomic E-state index is 0.0938. The van der Waals surface area contributed by atoms with Crippen LogP contribution in [0.1, 0.15) is 24.5 Å². The molecule has 0 fully saturated rings. The number of hydrogen-bond acceptors (Lipinski definition) is 2. The van der Waals surface area contributed by atoms with E-state index in [1.54, 1.807) is 0 Å². The molecule has 17 heavy (non-hydrogen) atoms. The molecule has 3 heteroatoms. The van der Waals surface area contributed by atoms with Gasteiger partial charge in [-0.15, -0.1) is 0 Å². The minimum atomic E-state index is 0.0938. The number of nitrogens with one attached hydrogen (secondary N) is 2. The highest BCUT2D eigenvalue weighted by molar-refractivity contribution is 5.99. The summed E-state index contributed by atoms with van der Waals surface area (Å²) in [6.07, 6.45) is 3.88. The van der Waals surface area contributed by atoms with E-state index in [9.17, 15) is 4.79 Å². The van der Waals surface area contributed by atoms with Gasteiger partial charge in [0.2, 0.25) is 5.91 Å². The van der Waals surface area contributed by atoms with Crippen LogP contribution in [-0.2, 0) is 11.2 Å². The molecule has 1 amide bonds. The van der Waals surface area contributed by atoms with Crippen molar-refractivity contribution >= 4 is 17.3 Å². The maximum Gasteiger partial charge on any atom is 0.228 e. The molecule has 88 valence electrons. The van der Waals surface area contributed by atoms with Gasteiger partial charge in [0.05, 0.1) is 6.42 Å². The van der Waals surface area contributed by atoms with Gasteiger partial charge in [-0.05, 0) is 35.6 Å². The Hall–Kier alpha value is -1.77. The van der Waals surface area contributed by atoms with E-state index in [2.05, 4.69) is 35.8 Å². The molecule has 0 spiro atoms. The molecule has 3 nitrogen and oxygen atoms in total. The average molecular weight is 228 g/mol. The first-order chi connectivity index (χ1) is 8.22. The van der Waals surface area contributed by atoms with Crippen LogP contribution in [0, 0.1) is 5.92 Å². The van der Waals surface area contributed by atoms with Crippen LogP contribution < -0.4 is 10.6 Å². The molecule has 0 radical (unpaired) electrons. The number of carbonyl (C=O) groups excluding carboxylic acids is 1. The summed E-state index contributed by atoms with van der Waals surface area (Å²) >= 11 is 0. The monoisotopic (exact) mass is 228 g/mol. The maximum absolute atomic E-state index is 11.3. The molecule has 2 aliphatic rings. The van der Waals surface area contributed by atoms with Crippen molar-refractivity contribution in [3.63, 3.8) is 0 Å². The van der Waals surface area contributed by atoms with Gasteiger partial charge >= 0.3 is 0 Å². The van der Waals surface area contributed by atoms with Crippen molar-refractivity contribution in [1.29, 1.82) is 0 Å². The van der Waals surface area contributed by atoms with Gasteiger partial charge in [0.1, 0.15) is 0 Å². The lowest BCUT2D eigenvalue weighted by Gasteiger charge is -2.21. The van der Waals surface area contributed by atoms with E-state index < -0.39 is 0 Å². The van der Waals surface area contributed by atoms with Crippen molar-refractivity contribution < 1.29 is 4.79 Å². The summed E-state index contributed by atoms with van der Waals surface area (Å²) < 4.78 is 0. The van der Waals surface area contributed by atoms with Crippen LogP contribution in [0.25, 0.3) is 5.70 Å². The lowest BCUT2D eigenvalue weighted by molar-refractivity contribution is -0.115. The summed E-state index contributed by atoms with van der Waals surface area (Å²) in [6.45, 7) is 3.27. The average Bonchev–Trinajstić information content (AvgIpc) is 2.69. The fourth-order valence-corrected chi connectivity index (χ4v) is 2.38. The highest BCUT2D eigenvalue weighted by Crippen LogP contribution is 2.27. The second-order valence-corrected chi connectivity index (χ2v) is 4.94. The first-order valence-corrected chi connectivity index (χ1v) is 6.09. The van der Waals surface area contributed by atoms with Crippen LogP contribution in [0.5, 0.6) is 0 Å². The largest absolute Gasteiger partial charge is 0.385 e. The van der Waals surface area contributed by atoms with Gasteiger partial charge in [0.25, 0.3) is 0 Å². The molecule has 0 bridgehead atoms. The Balaban J connectivity index is 1.90.